The van der Waals surface area contributed by atoms with Gasteiger partial charge in [0, 0.05) is 0 Å². The topological polar surface area (TPSA) is 20.2 Å². The molecule has 1 heteroatoms. The minimum Gasteiger partial charge on any atom is -0.508 e. The van der Waals surface area contributed by atoms with Gasteiger partial charge in [0.15, 0.2) is 0 Å². The molecule has 0 saturated heterocycles. The van der Waals surface area contributed by atoms with Gasteiger partial charge in [0.2, 0.25) is 0 Å². The van der Waals surface area contributed by atoms with Crippen molar-refractivity contribution in [2.24, 2.45) is 5.92 Å². The number of benzene rings is 1. The van der Waals surface area contributed by atoms with Crippen molar-refractivity contribution in [1.29, 1.82) is 0 Å². The van der Waals surface area contributed by atoms with Gasteiger partial charge in [-0.25, -0.2) is 0 Å². The lowest BCUT2D eigenvalue weighted by Crippen LogP contribution is -1.92. The van der Waals surface area contributed by atoms with E-state index < -0.39 is 0 Å². The zero-order valence-electron chi connectivity index (χ0n) is 11.0. The third-order valence-corrected chi connectivity index (χ3v) is 1.58. The van der Waals surface area contributed by atoms with E-state index in [1.807, 2.05) is 39.8 Å². The quantitative estimate of drug-likeness (QED) is 0.753. The fraction of sp³-hybridized carbons (Fsp3) is 0.571. The SMILES string of the molecule is CC.CC.CC(C)Cc1ccc(O)cc1. The van der Waals surface area contributed by atoms with E-state index in [0.29, 0.717) is 11.7 Å². The molecule has 0 saturated carbocycles. The van der Waals surface area contributed by atoms with Crippen LogP contribution in [0.3, 0.4) is 0 Å². The van der Waals surface area contributed by atoms with Crippen LogP contribution >= 0.6 is 0 Å². The Morgan fingerprint density at radius 2 is 1.33 bits per heavy atom. The highest BCUT2D eigenvalue weighted by molar-refractivity contribution is 5.25. The van der Waals surface area contributed by atoms with Crippen molar-refractivity contribution in [2.45, 2.75) is 48.0 Å². The molecule has 88 valence electrons. The maximum atomic E-state index is 8.99. The summed E-state index contributed by atoms with van der Waals surface area (Å²) in [5.41, 5.74) is 1.29. The van der Waals surface area contributed by atoms with Crippen LogP contribution in [-0.4, -0.2) is 5.11 Å². The highest BCUT2D eigenvalue weighted by atomic mass is 16.3. The smallest absolute Gasteiger partial charge is 0.115 e. The van der Waals surface area contributed by atoms with E-state index in [-0.39, 0.29) is 0 Å². The average Bonchev–Trinajstić information content (AvgIpc) is 2.27. The zero-order chi connectivity index (χ0) is 12.3. The summed E-state index contributed by atoms with van der Waals surface area (Å²) in [6.07, 6.45) is 1.08. The standard InChI is InChI=1S/C10H14O.2C2H6/c1-8(2)7-9-3-5-10(11)6-4-9;2*1-2/h3-6,8,11H,7H2,1-2H3;2*1-2H3. The van der Waals surface area contributed by atoms with Crippen molar-refractivity contribution in [3.8, 4) is 5.75 Å². The van der Waals surface area contributed by atoms with Gasteiger partial charge in [-0.15, -0.1) is 0 Å². The Balaban J connectivity index is 0. The summed E-state index contributed by atoms with van der Waals surface area (Å²) in [7, 11) is 0. The van der Waals surface area contributed by atoms with Gasteiger partial charge < -0.3 is 5.11 Å². The van der Waals surface area contributed by atoms with Crippen LogP contribution < -0.4 is 0 Å². The molecule has 0 bridgehead atoms. The number of phenols is 1. The summed E-state index contributed by atoms with van der Waals surface area (Å²) in [5.74, 6) is 1.03. The lowest BCUT2D eigenvalue weighted by molar-refractivity contribution is 0.475. The van der Waals surface area contributed by atoms with Crippen molar-refractivity contribution in [3.05, 3.63) is 29.8 Å². The number of hydrogen-bond donors (Lipinski definition) is 1. The van der Waals surface area contributed by atoms with Crippen LogP contribution in [0.2, 0.25) is 0 Å². The van der Waals surface area contributed by atoms with E-state index in [1.54, 1.807) is 12.1 Å². The summed E-state index contributed by atoms with van der Waals surface area (Å²) in [4.78, 5) is 0. The summed E-state index contributed by atoms with van der Waals surface area (Å²) < 4.78 is 0. The molecule has 0 fully saturated rings. The third kappa shape index (κ3) is 9.33. The first kappa shape index (κ1) is 16.4. The second-order valence-electron chi connectivity index (χ2n) is 3.26. The molecule has 0 atom stereocenters. The van der Waals surface area contributed by atoms with Gasteiger partial charge in [-0.3, -0.25) is 0 Å². The minimum atomic E-state index is 0.345. The summed E-state index contributed by atoms with van der Waals surface area (Å²) >= 11 is 0. The molecule has 0 aromatic heterocycles. The van der Waals surface area contributed by atoms with Crippen LogP contribution in [0, 0.1) is 5.92 Å². The molecule has 0 aliphatic carbocycles. The Labute approximate surface area is 95.2 Å². The molecular weight excluding hydrogens is 184 g/mol. The van der Waals surface area contributed by atoms with Gasteiger partial charge >= 0.3 is 0 Å². The fourth-order valence-electron chi connectivity index (χ4n) is 1.10. The monoisotopic (exact) mass is 210 g/mol. The van der Waals surface area contributed by atoms with Crippen molar-refractivity contribution < 1.29 is 5.11 Å². The molecule has 0 amide bonds. The van der Waals surface area contributed by atoms with E-state index in [4.69, 9.17) is 5.11 Å². The maximum Gasteiger partial charge on any atom is 0.115 e. The highest BCUT2D eigenvalue weighted by Crippen LogP contribution is 2.12. The Hall–Kier alpha value is -0.980. The molecule has 0 aliphatic heterocycles. The van der Waals surface area contributed by atoms with Gasteiger partial charge in [-0.2, -0.15) is 0 Å². The van der Waals surface area contributed by atoms with Crippen LogP contribution in [0.5, 0.6) is 5.75 Å². The molecule has 0 heterocycles. The molecule has 0 unspecified atom stereocenters. The van der Waals surface area contributed by atoms with E-state index in [0.717, 1.165) is 6.42 Å². The molecule has 1 rings (SSSR count). The van der Waals surface area contributed by atoms with Crippen molar-refractivity contribution in [1.82, 2.24) is 0 Å². The Morgan fingerprint density at radius 3 is 1.67 bits per heavy atom. The second-order valence-corrected chi connectivity index (χ2v) is 3.26. The maximum absolute atomic E-state index is 8.99. The van der Waals surface area contributed by atoms with Gasteiger partial charge in [0.1, 0.15) is 5.75 Å². The lowest BCUT2D eigenvalue weighted by Gasteiger charge is -2.03. The van der Waals surface area contributed by atoms with Crippen LogP contribution in [0.15, 0.2) is 24.3 Å². The van der Waals surface area contributed by atoms with Crippen molar-refractivity contribution in [3.63, 3.8) is 0 Å². The molecule has 1 N–H and O–H groups in total. The van der Waals surface area contributed by atoms with Gasteiger partial charge in [-0.1, -0.05) is 53.7 Å². The summed E-state index contributed by atoms with van der Waals surface area (Å²) in [5, 5.41) is 8.99. The first-order chi connectivity index (χ1) is 7.18. The number of rotatable bonds is 2. The largest absolute Gasteiger partial charge is 0.508 e. The summed E-state index contributed by atoms with van der Waals surface area (Å²) in [6.45, 7) is 12.4. The molecule has 1 aromatic carbocycles. The number of hydrogen-bond acceptors (Lipinski definition) is 1. The Bertz CT molecular complexity index is 211. The zero-order valence-corrected chi connectivity index (χ0v) is 11.0. The molecule has 15 heavy (non-hydrogen) atoms. The molecule has 1 aromatic rings. The highest BCUT2D eigenvalue weighted by Gasteiger charge is 1.96. The normalized spacial score (nSPS) is 8.47. The lowest BCUT2D eigenvalue weighted by atomic mass is 10.0. The van der Waals surface area contributed by atoms with Crippen molar-refractivity contribution in [2.75, 3.05) is 0 Å². The van der Waals surface area contributed by atoms with Crippen LogP contribution in [0.4, 0.5) is 0 Å². The van der Waals surface area contributed by atoms with Gasteiger partial charge in [0.25, 0.3) is 0 Å². The Kier molecular flexibility index (Phi) is 12.2. The third-order valence-electron chi connectivity index (χ3n) is 1.58. The molecule has 0 radical (unpaired) electrons. The van der Waals surface area contributed by atoms with E-state index >= 15 is 0 Å². The molecule has 1 nitrogen and oxygen atoms in total. The predicted molar refractivity (Wildman–Crippen MR) is 69.3 cm³/mol. The van der Waals surface area contributed by atoms with E-state index in [9.17, 15) is 0 Å². The number of aromatic hydroxyl groups is 1. The van der Waals surface area contributed by atoms with E-state index in [1.165, 1.54) is 5.56 Å². The van der Waals surface area contributed by atoms with Crippen molar-refractivity contribution >= 4 is 0 Å². The first-order valence-corrected chi connectivity index (χ1v) is 5.96. The van der Waals surface area contributed by atoms with Gasteiger partial charge in [0.05, 0.1) is 0 Å². The van der Waals surface area contributed by atoms with Crippen LogP contribution in [0.1, 0.15) is 47.1 Å². The summed E-state index contributed by atoms with van der Waals surface area (Å²) in [6, 6.07) is 7.40. The van der Waals surface area contributed by atoms with Crippen LogP contribution in [0.25, 0.3) is 0 Å². The van der Waals surface area contributed by atoms with Crippen LogP contribution in [-0.2, 0) is 6.42 Å². The first-order valence-electron chi connectivity index (χ1n) is 5.96. The number of phenolic OH excluding ortho intramolecular Hbond substituents is 1. The minimum absolute atomic E-state index is 0.345. The second kappa shape index (κ2) is 11.1. The van der Waals surface area contributed by atoms with E-state index in [2.05, 4.69) is 13.8 Å². The Morgan fingerprint density at radius 1 is 0.933 bits per heavy atom. The molecule has 0 spiro atoms. The molecular formula is C14H26O. The predicted octanol–water partition coefficient (Wildman–Crippen LogP) is 4.64. The fourth-order valence-corrected chi connectivity index (χ4v) is 1.10. The van der Waals surface area contributed by atoms with Gasteiger partial charge in [-0.05, 0) is 30.0 Å². The molecule has 0 aliphatic rings. The average molecular weight is 210 g/mol.